The van der Waals surface area contributed by atoms with Crippen LogP contribution in [0.15, 0.2) is 41.3 Å². The third-order valence-electron chi connectivity index (χ3n) is 3.80. The molecule has 2 N–H and O–H groups in total. The van der Waals surface area contributed by atoms with Gasteiger partial charge in [-0.1, -0.05) is 19.1 Å². The Morgan fingerprint density at radius 2 is 1.72 bits per heavy atom. The molecule has 2 aromatic rings. The molecule has 3 rings (SSSR count). The SMILES string of the molecule is CCc1ccc(S(=O)(=O)Nc2cc3c(cc2C(=O)O)OCCO3)cc1. The quantitative estimate of drug-likeness (QED) is 0.846. The standard InChI is InChI=1S/C17H17NO6S/c1-2-11-3-5-12(6-4-11)25(21,22)18-14-10-16-15(23-7-8-24-16)9-13(14)17(19)20/h3-6,9-10,18H,2,7-8H2,1H3,(H,19,20). The van der Waals surface area contributed by atoms with Crippen LogP contribution in [0.25, 0.3) is 0 Å². The van der Waals surface area contributed by atoms with Gasteiger partial charge in [0, 0.05) is 12.1 Å². The van der Waals surface area contributed by atoms with Gasteiger partial charge in [0.15, 0.2) is 11.5 Å². The van der Waals surface area contributed by atoms with Crippen molar-refractivity contribution in [3.8, 4) is 11.5 Å². The van der Waals surface area contributed by atoms with Crippen LogP contribution in [-0.4, -0.2) is 32.7 Å². The Hall–Kier alpha value is -2.74. The first-order valence-corrected chi connectivity index (χ1v) is 9.17. The number of rotatable bonds is 5. The average Bonchev–Trinajstić information content (AvgIpc) is 2.60. The van der Waals surface area contributed by atoms with E-state index in [0.29, 0.717) is 19.0 Å². The van der Waals surface area contributed by atoms with E-state index in [1.54, 1.807) is 12.1 Å². The van der Waals surface area contributed by atoms with Crippen LogP contribution in [0, 0.1) is 0 Å². The number of aromatic carboxylic acids is 1. The van der Waals surface area contributed by atoms with E-state index in [0.717, 1.165) is 12.0 Å². The Morgan fingerprint density at radius 1 is 1.12 bits per heavy atom. The number of aryl methyl sites for hydroxylation is 1. The maximum atomic E-state index is 12.6. The van der Waals surface area contributed by atoms with Crippen molar-refractivity contribution >= 4 is 21.7 Å². The monoisotopic (exact) mass is 363 g/mol. The number of hydrogen-bond donors (Lipinski definition) is 2. The molecule has 2 aromatic carbocycles. The third kappa shape index (κ3) is 3.53. The van der Waals surface area contributed by atoms with Gasteiger partial charge in [-0.3, -0.25) is 4.72 Å². The van der Waals surface area contributed by atoms with Crippen molar-refractivity contribution in [3.05, 3.63) is 47.5 Å². The van der Waals surface area contributed by atoms with Gasteiger partial charge in [-0.25, -0.2) is 13.2 Å². The molecule has 0 unspecified atom stereocenters. The topological polar surface area (TPSA) is 102 Å². The lowest BCUT2D eigenvalue weighted by molar-refractivity contribution is 0.0697. The molecule has 7 nitrogen and oxygen atoms in total. The minimum absolute atomic E-state index is 0.0518. The first kappa shape index (κ1) is 17.1. The van der Waals surface area contributed by atoms with Crippen molar-refractivity contribution in [2.24, 2.45) is 0 Å². The van der Waals surface area contributed by atoms with Crippen molar-refractivity contribution in [1.82, 2.24) is 0 Å². The van der Waals surface area contributed by atoms with Gasteiger partial charge in [0.05, 0.1) is 16.1 Å². The van der Waals surface area contributed by atoms with E-state index in [4.69, 9.17) is 9.47 Å². The molecular formula is C17H17NO6S. The number of sulfonamides is 1. The maximum Gasteiger partial charge on any atom is 0.337 e. The van der Waals surface area contributed by atoms with Crippen molar-refractivity contribution in [2.45, 2.75) is 18.2 Å². The molecule has 0 saturated heterocycles. The molecule has 1 aliphatic heterocycles. The van der Waals surface area contributed by atoms with E-state index in [-0.39, 0.29) is 21.9 Å². The predicted molar refractivity (Wildman–Crippen MR) is 91.0 cm³/mol. The van der Waals surface area contributed by atoms with Crippen LogP contribution in [-0.2, 0) is 16.4 Å². The minimum Gasteiger partial charge on any atom is -0.486 e. The average molecular weight is 363 g/mol. The molecule has 0 spiro atoms. The van der Waals surface area contributed by atoms with Crippen molar-refractivity contribution in [3.63, 3.8) is 0 Å². The van der Waals surface area contributed by atoms with Crippen LogP contribution in [0.1, 0.15) is 22.8 Å². The molecule has 0 bridgehead atoms. The van der Waals surface area contributed by atoms with Gasteiger partial charge in [-0.15, -0.1) is 0 Å². The Kier molecular flexibility index (Phi) is 4.54. The minimum atomic E-state index is -3.93. The molecule has 0 aliphatic carbocycles. The molecule has 0 amide bonds. The fourth-order valence-corrected chi connectivity index (χ4v) is 3.53. The van der Waals surface area contributed by atoms with Crippen LogP contribution >= 0.6 is 0 Å². The number of carboxylic acids is 1. The third-order valence-corrected chi connectivity index (χ3v) is 5.18. The lowest BCUT2D eigenvalue weighted by Crippen LogP contribution is -2.19. The summed E-state index contributed by atoms with van der Waals surface area (Å²) in [6.07, 6.45) is 0.791. The van der Waals surface area contributed by atoms with E-state index >= 15 is 0 Å². The highest BCUT2D eigenvalue weighted by Crippen LogP contribution is 2.36. The fourth-order valence-electron chi connectivity index (χ4n) is 2.46. The second-order valence-corrected chi connectivity index (χ2v) is 7.13. The second-order valence-electron chi connectivity index (χ2n) is 5.45. The lowest BCUT2D eigenvalue weighted by atomic mass is 10.1. The van der Waals surface area contributed by atoms with Crippen LogP contribution < -0.4 is 14.2 Å². The zero-order chi connectivity index (χ0) is 18.0. The highest BCUT2D eigenvalue weighted by atomic mass is 32.2. The largest absolute Gasteiger partial charge is 0.486 e. The van der Waals surface area contributed by atoms with E-state index in [1.165, 1.54) is 24.3 Å². The molecule has 1 heterocycles. The smallest absolute Gasteiger partial charge is 0.337 e. The molecule has 25 heavy (non-hydrogen) atoms. The van der Waals surface area contributed by atoms with E-state index in [2.05, 4.69) is 4.72 Å². The van der Waals surface area contributed by atoms with Gasteiger partial charge in [-0.2, -0.15) is 0 Å². The van der Waals surface area contributed by atoms with E-state index < -0.39 is 16.0 Å². The summed E-state index contributed by atoms with van der Waals surface area (Å²) in [5.74, 6) is -0.690. The van der Waals surface area contributed by atoms with Gasteiger partial charge in [-0.05, 0) is 24.1 Å². The van der Waals surface area contributed by atoms with E-state index in [9.17, 15) is 18.3 Å². The first-order chi connectivity index (χ1) is 11.9. The number of benzene rings is 2. The summed E-state index contributed by atoms with van der Waals surface area (Å²) in [5, 5.41) is 9.37. The molecular weight excluding hydrogens is 346 g/mol. The molecule has 0 saturated carbocycles. The van der Waals surface area contributed by atoms with Crippen LogP contribution in [0.4, 0.5) is 5.69 Å². The Bertz CT molecular complexity index is 905. The normalized spacial score (nSPS) is 13.3. The summed E-state index contributed by atoms with van der Waals surface area (Å²) in [6, 6.07) is 9.00. The summed E-state index contributed by atoms with van der Waals surface area (Å²) >= 11 is 0. The zero-order valence-corrected chi connectivity index (χ0v) is 14.3. The number of nitrogens with one attached hydrogen (secondary N) is 1. The first-order valence-electron chi connectivity index (χ1n) is 7.69. The predicted octanol–water partition coefficient (Wildman–Crippen LogP) is 2.52. The molecule has 132 valence electrons. The molecule has 0 atom stereocenters. The molecule has 0 radical (unpaired) electrons. The van der Waals surface area contributed by atoms with Crippen LogP contribution in [0.2, 0.25) is 0 Å². The van der Waals surface area contributed by atoms with Crippen LogP contribution in [0.3, 0.4) is 0 Å². The maximum absolute atomic E-state index is 12.6. The Balaban J connectivity index is 1.99. The van der Waals surface area contributed by atoms with Gasteiger partial charge in [0.1, 0.15) is 13.2 Å². The number of carboxylic acid groups (broad SMARTS) is 1. The summed E-state index contributed by atoms with van der Waals surface area (Å²) in [7, 11) is -3.93. The van der Waals surface area contributed by atoms with Gasteiger partial charge in [0.2, 0.25) is 0 Å². The Morgan fingerprint density at radius 3 is 2.28 bits per heavy atom. The Labute approximate surface area is 145 Å². The van der Waals surface area contributed by atoms with Gasteiger partial charge >= 0.3 is 5.97 Å². The highest BCUT2D eigenvalue weighted by Gasteiger charge is 2.23. The van der Waals surface area contributed by atoms with Crippen LogP contribution in [0.5, 0.6) is 11.5 Å². The van der Waals surface area contributed by atoms with Crippen molar-refractivity contribution < 1.29 is 27.8 Å². The molecule has 0 aromatic heterocycles. The van der Waals surface area contributed by atoms with E-state index in [1.807, 2.05) is 6.92 Å². The second kappa shape index (κ2) is 6.64. The van der Waals surface area contributed by atoms with Crippen molar-refractivity contribution in [1.29, 1.82) is 0 Å². The highest BCUT2D eigenvalue weighted by molar-refractivity contribution is 7.92. The number of anilines is 1. The zero-order valence-electron chi connectivity index (χ0n) is 13.5. The summed E-state index contributed by atoms with van der Waals surface area (Å²) < 4.78 is 38.2. The molecule has 0 fully saturated rings. The fraction of sp³-hybridized carbons (Fsp3) is 0.235. The number of fused-ring (bicyclic) bond motifs is 1. The number of hydrogen-bond acceptors (Lipinski definition) is 5. The molecule has 8 heteroatoms. The summed E-state index contributed by atoms with van der Waals surface area (Å²) in [5.41, 5.74) is 0.721. The van der Waals surface area contributed by atoms with Gasteiger partial charge < -0.3 is 14.6 Å². The lowest BCUT2D eigenvalue weighted by Gasteiger charge is -2.20. The van der Waals surface area contributed by atoms with Gasteiger partial charge in [0.25, 0.3) is 10.0 Å². The number of carbonyl (C=O) groups is 1. The summed E-state index contributed by atoms with van der Waals surface area (Å²) in [6.45, 7) is 2.58. The summed E-state index contributed by atoms with van der Waals surface area (Å²) in [4.78, 5) is 11.5. The molecule has 1 aliphatic rings. The van der Waals surface area contributed by atoms with Crippen molar-refractivity contribution in [2.75, 3.05) is 17.9 Å². The number of ether oxygens (including phenoxy) is 2.